The molecule has 1 aromatic rings. The van der Waals surface area contributed by atoms with Crippen LogP contribution >= 0.6 is 0 Å². The first-order valence-electron chi connectivity index (χ1n) is 15.3. The molecular formula is C31H47N5O10. The minimum absolute atomic E-state index is 0.0382. The zero-order valence-corrected chi connectivity index (χ0v) is 28.2. The van der Waals surface area contributed by atoms with Gasteiger partial charge >= 0.3 is 24.2 Å². The van der Waals surface area contributed by atoms with Gasteiger partial charge in [0.25, 0.3) is 5.69 Å². The van der Waals surface area contributed by atoms with Crippen LogP contribution in [0.5, 0.6) is 5.75 Å². The van der Waals surface area contributed by atoms with E-state index in [1.807, 2.05) is 18.7 Å². The van der Waals surface area contributed by atoms with Gasteiger partial charge < -0.3 is 28.7 Å². The molecule has 0 aliphatic carbocycles. The molecule has 1 aromatic carbocycles. The molecule has 256 valence electrons. The number of hydrogen-bond donors (Lipinski definition) is 0. The van der Waals surface area contributed by atoms with Gasteiger partial charge in [-0.15, -0.1) is 0 Å². The molecule has 0 spiro atoms. The summed E-state index contributed by atoms with van der Waals surface area (Å²) in [6, 6.07) is 3.12. The number of rotatable bonds is 7. The van der Waals surface area contributed by atoms with Gasteiger partial charge in [0.05, 0.1) is 18.1 Å². The van der Waals surface area contributed by atoms with Crippen molar-refractivity contribution in [2.24, 2.45) is 0 Å². The van der Waals surface area contributed by atoms with Crippen molar-refractivity contribution < 1.29 is 43.0 Å². The van der Waals surface area contributed by atoms with Crippen molar-refractivity contribution in [2.45, 2.75) is 97.2 Å². The Hall–Kier alpha value is -4.14. The van der Waals surface area contributed by atoms with E-state index in [1.54, 1.807) is 41.5 Å². The molecule has 0 aromatic heterocycles. The number of piperazine rings is 1. The van der Waals surface area contributed by atoms with Gasteiger partial charge in [-0.3, -0.25) is 24.7 Å². The summed E-state index contributed by atoms with van der Waals surface area (Å²) in [6.07, 6.45) is -1.71. The molecule has 2 heterocycles. The number of non-ortho nitro benzene ring substituents is 1. The zero-order valence-electron chi connectivity index (χ0n) is 28.2. The number of likely N-dealkylation sites (tertiary alicyclic amines) is 1. The standard InChI is InChI=1S/C31H47N5O10/c1-20(2)34-18-22(16-25(34)26(37)43-9)35(28(39)44-24-12-10-21(11-13-24)36(41)42)19-23-17-32(27(38)45-30(3,4)5)14-15-33(23)29(40)46-31(6,7)8/h10-13,20,22-23,25H,14-19H2,1-9H3/t22-,23?,25+/m1/s1. The van der Waals surface area contributed by atoms with Crippen molar-refractivity contribution in [3.63, 3.8) is 0 Å². The Kier molecular flexibility index (Phi) is 11.5. The molecule has 3 atom stereocenters. The number of carbonyl (C=O) groups is 4. The maximum absolute atomic E-state index is 13.9. The molecule has 2 aliphatic rings. The molecule has 0 N–H and O–H groups in total. The second kappa shape index (κ2) is 14.5. The molecule has 0 saturated carbocycles. The third-order valence-corrected chi connectivity index (χ3v) is 7.55. The van der Waals surface area contributed by atoms with Crippen molar-refractivity contribution in [1.29, 1.82) is 0 Å². The molecule has 15 nitrogen and oxygen atoms in total. The Morgan fingerprint density at radius 1 is 0.957 bits per heavy atom. The number of nitro benzene ring substituents is 1. The van der Waals surface area contributed by atoms with E-state index >= 15 is 0 Å². The predicted octanol–water partition coefficient (Wildman–Crippen LogP) is 4.28. The summed E-state index contributed by atoms with van der Waals surface area (Å²) in [5, 5.41) is 11.1. The van der Waals surface area contributed by atoms with Crippen molar-refractivity contribution in [3.05, 3.63) is 34.4 Å². The normalized spacial score (nSPS) is 20.7. The number of hydrogen-bond acceptors (Lipinski definition) is 11. The van der Waals surface area contributed by atoms with Gasteiger partial charge in [0.2, 0.25) is 0 Å². The number of nitro groups is 1. The van der Waals surface area contributed by atoms with Crippen molar-refractivity contribution in [1.82, 2.24) is 19.6 Å². The van der Waals surface area contributed by atoms with Crippen LogP contribution in [-0.4, -0.2) is 124 Å². The maximum atomic E-state index is 13.9. The fourth-order valence-corrected chi connectivity index (χ4v) is 5.46. The van der Waals surface area contributed by atoms with E-state index in [9.17, 15) is 29.3 Å². The summed E-state index contributed by atoms with van der Waals surface area (Å²) in [7, 11) is 1.31. The van der Waals surface area contributed by atoms with Gasteiger partial charge in [-0.2, -0.15) is 0 Å². The number of carbonyl (C=O) groups excluding carboxylic acids is 4. The second-order valence-corrected chi connectivity index (χ2v) is 13.7. The van der Waals surface area contributed by atoms with Crippen LogP contribution in [0.1, 0.15) is 61.8 Å². The highest BCUT2D eigenvalue weighted by atomic mass is 16.6. The third-order valence-electron chi connectivity index (χ3n) is 7.55. The first kappa shape index (κ1) is 36.3. The van der Waals surface area contributed by atoms with Gasteiger partial charge in [0.15, 0.2) is 0 Å². The lowest BCUT2D eigenvalue weighted by molar-refractivity contribution is -0.384. The molecule has 15 heteroatoms. The molecule has 1 unspecified atom stereocenters. The van der Waals surface area contributed by atoms with E-state index in [-0.39, 0.29) is 50.1 Å². The molecular weight excluding hydrogens is 602 g/mol. The lowest BCUT2D eigenvalue weighted by atomic mass is 10.1. The summed E-state index contributed by atoms with van der Waals surface area (Å²) in [6.45, 7) is 15.0. The average molecular weight is 650 g/mol. The first-order chi connectivity index (χ1) is 21.3. The zero-order chi connectivity index (χ0) is 34.6. The third kappa shape index (κ3) is 9.68. The van der Waals surface area contributed by atoms with Gasteiger partial charge in [0.1, 0.15) is 23.0 Å². The van der Waals surface area contributed by atoms with E-state index in [2.05, 4.69) is 0 Å². The molecule has 3 amide bonds. The maximum Gasteiger partial charge on any atom is 0.415 e. The minimum Gasteiger partial charge on any atom is -0.468 e. The van der Waals surface area contributed by atoms with Crippen LogP contribution < -0.4 is 4.74 Å². The van der Waals surface area contributed by atoms with Crippen molar-refractivity contribution in [3.8, 4) is 5.75 Å². The van der Waals surface area contributed by atoms with Crippen LogP contribution in [-0.2, 0) is 19.0 Å². The Morgan fingerprint density at radius 3 is 2.07 bits per heavy atom. The van der Waals surface area contributed by atoms with Gasteiger partial charge in [0, 0.05) is 56.9 Å². The number of amides is 3. The minimum atomic E-state index is -0.796. The largest absolute Gasteiger partial charge is 0.468 e. The van der Waals surface area contributed by atoms with Crippen LogP contribution in [0.15, 0.2) is 24.3 Å². The lowest BCUT2D eigenvalue weighted by Gasteiger charge is -2.44. The molecule has 3 rings (SSSR count). The lowest BCUT2D eigenvalue weighted by Crippen LogP contribution is -2.62. The Balaban J connectivity index is 1.99. The monoisotopic (exact) mass is 649 g/mol. The van der Waals surface area contributed by atoms with Crippen molar-refractivity contribution in [2.75, 3.05) is 39.8 Å². The first-order valence-corrected chi connectivity index (χ1v) is 15.3. The van der Waals surface area contributed by atoms with Crippen LogP contribution in [0.25, 0.3) is 0 Å². The Labute approximate surface area is 269 Å². The Morgan fingerprint density at radius 2 is 1.54 bits per heavy atom. The summed E-state index contributed by atoms with van der Waals surface area (Å²) >= 11 is 0. The van der Waals surface area contributed by atoms with E-state index < -0.39 is 58.5 Å². The highest BCUT2D eigenvalue weighted by Crippen LogP contribution is 2.29. The quantitative estimate of drug-likeness (QED) is 0.179. The van der Waals surface area contributed by atoms with Crippen LogP contribution in [0.2, 0.25) is 0 Å². The SMILES string of the molecule is COC(=O)[C@@H]1C[C@@H](N(CC2CN(C(=O)OC(C)(C)C)CCN2C(=O)OC(C)(C)C)C(=O)Oc2ccc([N+](=O)[O-])cc2)CN1C(C)C. The number of esters is 1. The van der Waals surface area contributed by atoms with E-state index in [4.69, 9.17) is 18.9 Å². The second-order valence-electron chi connectivity index (χ2n) is 13.7. The summed E-state index contributed by atoms with van der Waals surface area (Å²) < 4.78 is 22.0. The number of ether oxygens (including phenoxy) is 4. The molecule has 0 bridgehead atoms. The molecule has 46 heavy (non-hydrogen) atoms. The van der Waals surface area contributed by atoms with Gasteiger partial charge in [-0.25, -0.2) is 14.4 Å². The molecule has 2 saturated heterocycles. The number of nitrogens with zero attached hydrogens (tertiary/aromatic N) is 5. The smallest absolute Gasteiger partial charge is 0.415 e. The van der Waals surface area contributed by atoms with E-state index in [0.717, 1.165) is 0 Å². The highest BCUT2D eigenvalue weighted by molar-refractivity contribution is 5.77. The van der Waals surface area contributed by atoms with Crippen LogP contribution in [0.4, 0.5) is 20.1 Å². The van der Waals surface area contributed by atoms with Gasteiger partial charge in [-0.05, 0) is 73.9 Å². The topological polar surface area (TPSA) is 161 Å². The van der Waals surface area contributed by atoms with Crippen molar-refractivity contribution >= 4 is 29.9 Å². The average Bonchev–Trinajstić information content (AvgIpc) is 3.39. The van der Waals surface area contributed by atoms with Gasteiger partial charge in [-0.1, -0.05) is 0 Å². The number of methoxy groups -OCH3 is 1. The fraction of sp³-hybridized carbons (Fsp3) is 0.677. The summed E-state index contributed by atoms with van der Waals surface area (Å²) in [5.41, 5.74) is -1.71. The molecule has 0 radical (unpaired) electrons. The van der Waals surface area contributed by atoms with E-state index in [1.165, 1.54) is 46.1 Å². The molecule has 2 aliphatic heterocycles. The molecule has 2 fully saturated rings. The highest BCUT2D eigenvalue weighted by Gasteiger charge is 2.45. The summed E-state index contributed by atoms with van der Waals surface area (Å²) in [5.74, 6) is -0.365. The van der Waals surface area contributed by atoms with Crippen LogP contribution in [0, 0.1) is 10.1 Å². The predicted molar refractivity (Wildman–Crippen MR) is 166 cm³/mol. The van der Waals surface area contributed by atoms with Crippen LogP contribution in [0.3, 0.4) is 0 Å². The Bertz CT molecular complexity index is 1270. The fourth-order valence-electron chi connectivity index (χ4n) is 5.46. The van der Waals surface area contributed by atoms with E-state index in [0.29, 0.717) is 6.54 Å². The summed E-state index contributed by atoms with van der Waals surface area (Å²) in [4.78, 5) is 70.1. The number of benzene rings is 1.